The van der Waals surface area contributed by atoms with Gasteiger partial charge >= 0.3 is 0 Å². The van der Waals surface area contributed by atoms with Crippen LogP contribution in [0.2, 0.25) is 10.0 Å². The third-order valence-electron chi connectivity index (χ3n) is 2.13. The van der Waals surface area contributed by atoms with Gasteiger partial charge in [-0.1, -0.05) is 58.1 Å². The van der Waals surface area contributed by atoms with Gasteiger partial charge < -0.3 is 0 Å². The summed E-state index contributed by atoms with van der Waals surface area (Å²) in [6.07, 6.45) is 1.94. The molecule has 0 saturated heterocycles. The lowest BCUT2D eigenvalue weighted by Crippen LogP contribution is -2.02. The van der Waals surface area contributed by atoms with Crippen LogP contribution in [0.5, 0.6) is 0 Å². The first-order chi connectivity index (χ1) is 9.10. The third kappa shape index (κ3) is 4.10. The molecule has 8 heteroatoms. The quantitative estimate of drug-likeness (QED) is 0.584. The van der Waals surface area contributed by atoms with E-state index in [2.05, 4.69) is 10.2 Å². The van der Waals surface area contributed by atoms with Gasteiger partial charge in [0.1, 0.15) is 0 Å². The first-order valence-electron chi connectivity index (χ1n) is 5.08. The zero-order chi connectivity index (χ0) is 13.8. The molecule has 0 radical (unpaired) electrons. The summed E-state index contributed by atoms with van der Waals surface area (Å²) in [5.41, 5.74) is 0.552. The van der Waals surface area contributed by atoms with Crippen LogP contribution in [0.3, 0.4) is 0 Å². The number of rotatable bonds is 5. The van der Waals surface area contributed by atoms with Crippen molar-refractivity contribution >= 4 is 63.8 Å². The Bertz CT molecular complexity index is 603. The highest BCUT2D eigenvalue weighted by atomic mass is 35.5. The van der Waals surface area contributed by atoms with Crippen molar-refractivity contribution in [1.29, 1.82) is 0 Å². The predicted octanol–water partition coefficient (Wildman–Crippen LogP) is 4.54. The van der Waals surface area contributed by atoms with Gasteiger partial charge in [-0.25, -0.2) is 0 Å². The molecular weight excluding hydrogens is 343 g/mol. The van der Waals surface area contributed by atoms with Crippen LogP contribution in [-0.4, -0.2) is 28.0 Å². The standard InChI is InChI=1S/C11H8Cl2N2OS3/c1-17-10-14-15-11(19-10)18-5-9(16)6-2-3-7(12)8(13)4-6/h2-4H,5H2,1H3. The number of hydrogen-bond donors (Lipinski definition) is 0. The van der Waals surface area contributed by atoms with Gasteiger partial charge in [0, 0.05) is 5.56 Å². The first-order valence-corrected chi connectivity index (χ1v) is 8.87. The molecule has 0 aliphatic carbocycles. The summed E-state index contributed by atoms with van der Waals surface area (Å²) in [7, 11) is 0. The predicted molar refractivity (Wildman–Crippen MR) is 83.2 cm³/mol. The molecule has 1 aromatic carbocycles. The van der Waals surface area contributed by atoms with E-state index >= 15 is 0 Å². The van der Waals surface area contributed by atoms with Gasteiger partial charge in [-0.3, -0.25) is 4.79 Å². The molecule has 2 aromatic rings. The molecule has 0 unspecified atom stereocenters. The Morgan fingerprint density at radius 1 is 1.26 bits per heavy atom. The largest absolute Gasteiger partial charge is 0.293 e. The molecule has 0 N–H and O–H groups in total. The van der Waals surface area contributed by atoms with Crippen LogP contribution < -0.4 is 0 Å². The maximum absolute atomic E-state index is 12.0. The van der Waals surface area contributed by atoms with Gasteiger partial charge in [-0.2, -0.15) is 0 Å². The van der Waals surface area contributed by atoms with Crippen LogP contribution >= 0.6 is 58.1 Å². The average molecular weight is 351 g/mol. The lowest BCUT2D eigenvalue weighted by atomic mass is 10.1. The number of nitrogens with zero attached hydrogens (tertiary/aromatic N) is 2. The zero-order valence-electron chi connectivity index (χ0n) is 9.72. The Morgan fingerprint density at radius 3 is 2.63 bits per heavy atom. The van der Waals surface area contributed by atoms with E-state index in [1.54, 1.807) is 18.2 Å². The summed E-state index contributed by atoms with van der Waals surface area (Å²) < 4.78 is 1.68. The second kappa shape index (κ2) is 6.95. The van der Waals surface area contributed by atoms with Crippen molar-refractivity contribution in [2.75, 3.05) is 12.0 Å². The summed E-state index contributed by atoms with van der Waals surface area (Å²) >= 11 is 16.1. The van der Waals surface area contributed by atoms with Crippen molar-refractivity contribution in [3.63, 3.8) is 0 Å². The van der Waals surface area contributed by atoms with Crippen LogP contribution in [0.1, 0.15) is 10.4 Å². The van der Waals surface area contributed by atoms with Crippen LogP contribution in [0.25, 0.3) is 0 Å². The van der Waals surface area contributed by atoms with E-state index in [-0.39, 0.29) is 5.78 Å². The van der Waals surface area contributed by atoms with E-state index in [0.717, 1.165) is 8.68 Å². The van der Waals surface area contributed by atoms with E-state index in [1.165, 1.54) is 34.9 Å². The van der Waals surface area contributed by atoms with Crippen molar-refractivity contribution in [2.24, 2.45) is 0 Å². The number of carbonyl (C=O) groups excluding carboxylic acids is 1. The SMILES string of the molecule is CSc1nnc(SCC(=O)c2ccc(Cl)c(Cl)c2)s1. The highest BCUT2D eigenvalue weighted by molar-refractivity contribution is 8.03. The molecule has 0 atom stereocenters. The summed E-state index contributed by atoms with van der Waals surface area (Å²) in [6.45, 7) is 0. The van der Waals surface area contributed by atoms with E-state index in [9.17, 15) is 4.79 Å². The molecular formula is C11H8Cl2N2OS3. The maximum Gasteiger partial charge on any atom is 0.175 e. The van der Waals surface area contributed by atoms with Gasteiger partial charge in [0.15, 0.2) is 14.5 Å². The number of aromatic nitrogens is 2. The molecule has 0 amide bonds. The monoisotopic (exact) mass is 350 g/mol. The molecule has 1 heterocycles. The molecule has 0 fully saturated rings. The fraction of sp³-hybridized carbons (Fsp3) is 0.182. The number of carbonyl (C=O) groups is 1. The fourth-order valence-corrected chi connectivity index (χ4v) is 3.85. The van der Waals surface area contributed by atoms with E-state index in [1.807, 2.05) is 6.26 Å². The van der Waals surface area contributed by atoms with Crippen LogP contribution in [0.15, 0.2) is 26.9 Å². The number of halogens is 2. The number of hydrogen-bond acceptors (Lipinski definition) is 6. The van der Waals surface area contributed by atoms with Gasteiger partial charge in [-0.05, 0) is 24.5 Å². The van der Waals surface area contributed by atoms with Crippen molar-refractivity contribution in [3.05, 3.63) is 33.8 Å². The number of Topliss-reactive ketones (excluding diaryl/α,β-unsaturated/α-hetero) is 1. The van der Waals surface area contributed by atoms with Crippen LogP contribution in [0, 0.1) is 0 Å². The lowest BCUT2D eigenvalue weighted by molar-refractivity contribution is 0.102. The van der Waals surface area contributed by atoms with Crippen molar-refractivity contribution in [2.45, 2.75) is 8.68 Å². The average Bonchev–Trinajstić information content (AvgIpc) is 2.87. The number of thioether (sulfide) groups is 2. The van der Waals surface area contributed by atoms with Gasteiger partial charge in [0.2, 0.25) is 0 Å². The fourth-order valence-electron chi connectivity index (χ4n) is 1.22. The minimum Gasteiger partial charge on any atom is -0.293 e. The molecule has 0 saturated carbocycles. The topological polar surface area (TPSA) is 42.9 Å². The molecule has 0 spiro atoms. The smallest absolute Gasteiger partial charge is 0.175 e. The summed E-state index contributed by atoms with van der Waals surface area (Å²) in [6, 6.07) is 4.88. The summed E-state index contributed by atoms with van der Waals surface area (Å²) in [5, 5.41) is 8.80. The number of benzene rings is 1. The second-order valence-electron chi connectivity index (χ2n) is 3.38. The Kier molecular flexibility index (Phi) is 5.53. The molecule has 0 aliphatic rings. The summed E-state index contributed by atoms with van der Waals surface area (Å²) in [5.74, 6) is 0.297. The van der Waals surface area contributed by atoms with Gasteiger partial charge in [0.05, 0.1) is 15.8 Å². The minimum atomic E-state index is -0.00975. The van der Waals surface area contributed by atoms with Crippen molar-refractivity contribution in [3.8, 4) is 0 Å². The molecule has 19 heavy (non-hydrogen) atoms. The molecule has 0 aliphatic heterocycles. The molecule has 100 valence electrons. The third-order valence-corrected chi connectivity index (χ3v) is 5.90. The highest BCUT2D eigenvalue weighted by Crippen LogP contribution is 2.28. The lowest BCUT2D eigenvalue weighted by Gasteiger charge is -2.01. The molecule has 3 nitrogen and oxygen atoms in total. The van der Waals surface area contributed by atoms with Crippen LogP contribution in [-0.2, 0) is 0 Å². The van der Waals surface area contributed by atoms with E-state index in [0.29, 0.717) is 21.4 Å². The Labute approximate surface area is 133 Å². The zero-order valence-corrected chi connectivity index (χ0v) is 13.7. The molecule has 2 rings (SSSR count). The van der Waals surface area contributed by atoms with Crippen molar-refractivity contribution < 1.29 is 4.79 Å². The number of ketones is 1. The van der Waals surface area contributed by atoms with E-state index in [4.69, 9.17) is 23.2 Å². The normalized spacial score (nSPS) is 10.7. The van der Waals surface area contributed by atoms with Gasteiger partial charge in [-0.15, -0.1) is 10.2 Å². The molecule has 1 aromatic heterocycles. The van der Waals surface area contributed by atoms with Gasteiger partial charge in [0.25, 0.3) is 0 Å². The second-order valence-corrected chi connectivity index (χ2v) is 7.45. The Morgan fingerprint density at radius 2 is 2.00 bits per heavy atom. The van der Waals surface area contributed by atoms with E-state index < -0.39 is 0 Å². The highest BCUT2D eigenvalue weighted by Gasteiger charge is 2.11. The van der Waals surface area contributed by atoms with Crippen LogP contribution in [0.4, 0.5) is 0 Å². The Balaban J connectivity index is 1.99. The Hall–Kier alpha value is -0.270. The molecule has 0 bridgehead atoms. The van der Waals surface area contributed by atoms with Crippen molar-refractivity contribution in [1.82, 2.24) is 10.2 Å². The summed E-state index contributed by atoms with van der Waals surface area (Å²) in [4.78, 5) is 12.0. The first kappa shape index (κ1) is 15.1. The minimum absolute atomic E-state index is 0.00975. The maximum atomic E-state index is 12.0.